The van der Waals surface area contributed by atoms with Crippen molar-refractivity contribution in [3.8, 4) is 0 Å². The fourth-order valence-corrected chi connectivity index (χ4v) is 3.60. The zero-order valence-electron chi connectivity index (χ0n) is 16.2. The molecule has 0 aromatic rings. The maximum atomic E-state index is 11.7. The Morgan fingerprint density at radius 2 is 1.72 bits per heavy atom. The number of esters is 1. The van der Waals surface area contributed by atoms with E-state index >= 15 is 0 Å². The Morgan fingerprint density at radius 3 is 2.28 bits per heavy atom. The van der Waals surface area contributed by atoms with Gasteiger partial charge in [-0.3, -0.25) is 8.98 Å². The van der Waals surface area contributed by atoms with E-state index in [-0.39, 0.29) is 12.5 Å². The van der Waals surface area contributed by atoms with Crippen LogP contribution in [0.4, 0.5) is 0 Å². The molecule has 0 aromatic heterocycles. The van der Waals surface area contributed by atoms with Gasteiger partial charge in [0, 0.05) is 6.04 Å². The lowest BCUT2D eigenvalue weighted by atomic mass is 9.83. The van der Waals surface area contributed by atoms with Crippen molar-refractivity contribution in [3.05, 3.63) is 0 Å². The Morgan fingerprint density at radius 1 is 1.08 bits per heavy atom. The predicted octanol–water partition coefficient (Wildman–Crippen LogP) is 3.01. The molecule has 0 spiro atoms. The van der Waals surface area contributed by atoms with Crippen LogP contribution in [-0.4, -0.2) is 45.4 Å². The highest BCUT2D eigenvalue weighted by molar-refractivity contribution is 7.85. The molecule has 1 aliphatic rings. The lowest BCUT2D eigenvalue weighted by molar-refractivity contribution is -0.153. The summed E-state index contributed by atoms with van der Waals surface area (Å²) >= 11 is 0. The summed E-state index contributed by atoms with van der Waals surface area (Å²) < 4.78 is 31.7. The van der Waals surface area contributed by atoms with E-state index < -0.39 is 15.7 Å². The second kappa shape index (κ2) is 10.5. The lowest BCUT2D eigenvalue weighted by Crippen LogP contribution is -2.39. The summed E-state index contributed by atoms with van der Waals surface area (Å²) in [5.74, 6) is 0.557. The highest BCUT2D eigenvalue weighted by Gasteiger charge is 2.22. The molecule has 0 saturated heterocycles. The first-order valence-corrected chi connectivity index (χ1v) is 11.2. The van der Waals surface area contributed by atoms with Gasteiger partial charge in [0.2, 0.25) is 0 Å². The van der Waals surface area contributed by atoms with E-state index in [9.17, 15) is 13.2 Å². The van der Waals surface area contributed by atoms with E-state index in [2.05, 4.69) is 5.32 Å². The topological polar surface area (TPSA) is 81.7 Å². The molecule has 6 nitrogen and oxygen atoms in total. The van der Waals surface area contributed by atoms with Gasteiger partial charge in [-0.1, -0.05) is 19.3 Å². The Hall–Kier alpha value is -0.660. The number of carbonyl (C=O) groups excluding carboxylic acids is 1. The Bertz CT molecular complexity index is 490. The van der Waals surface area contributed by atoms with E-state index in [0.29, 0.717) is 12.6 Å². The van der Waals surface area contributed by atoms with Crippen molar-refractivity contribution in [2.45, 2.75) is 83.8 Å². The first-order chi connectivity index (χ1) is 11.6. The van der Waals surface area contributed by atoms with E-state index in [4.69, 9.17) is 8.92 Å². The quantitative estimate of drug-likeness (QED) is 0.358. The predicted molar refractivity (Wildman–Crippen MR) is 98.9 cm³/mol. The van der Waals surface area contributed by atoms with Crippen LogP contribution in [0.25, 0.3) is 0 Å². The van der Waals surface area contributed by atoms with Crippen molar-refractivity contribution in [2.24, 2.45) is 5.92 Å². The molecule has 1 saturated carbocycles. The van der Waals surface area contributed by atoms with Crippen LogP contribution in [-0.2, 0) is 23.8 Å². The highest BCUT2D eigenvalue weighted by Crippen LogP contribution is 2.28. The zero-order valence-corrected chi connectivity index (χ0v) is 17.0. The second-order valence-corrected chi connectivity index (χ2v) is 9.70. The standard InChI is InChI=1S/C18H35NO5S/c1-18(2,3)24-17(20)14-19-16-11-9-15(10-12-16)8-6-5-7-13-23-25(4,21)22/h15-16,19H,5-14H2,1-4H3. The SMILES string of the molecule is CC(C)(C)OC(=O)CNC1CCC(CCCCCOS(C)(=O)=O)CC1. The van der Waals surface area contributed by atoms with Gasteiger partial charge in [-0.15, -0.1) is 0 Å². The normalized spacial score (nSPS) is 21.9. The first-order valence-electron chi connectivity index (χ1n) is 9.35. The van der Waals surface area contributed by atoms with E-state index in [1.807, 2.05) is 20.8 Å². The van der Waals surface area contributed by atoms with Crippen LogP contribution in [0, 0.1) is 5.92 Å². The van der Waals surface area contributed by atoms with Gasteiger partial charge in [-0.25, -0.2) is 0 Å². The van der Waals surface area contributed by atoms with Gasteiger partial charge in [-0.2, -0.15) is 8.42 Å². The van der Waals surface area contributed by atoms with Gasteiger partial charge < -0.3 is 10.1 Å². The van der Waals surface area contributed by atoms with Crippen molar-refractivity contribution >= 4 is 16.1 Å². The molecule has 7 heteroatoms. The Balaban J connectivity index is 2.05. The molecule has 0 atom stereocenters. The number of hydrogen-bond donors (Lipinski definition) is 1. The lowest BCUT2D eigenvalue weighted by Gasteiger charge is -2.29. The molecule has 0 aliphatic heterocycles. The average molecular weight is 378 g/mol. The fraction of sp³-hybridized carbons (Fsp3) is 0.944. The third-order valence-corrected chi connectivity index (χ3v) is 4.95. The van der Waals surface area contributed by atoms with E-state index in [1.165, 1.54) is 19.3 Å². The molecule has 1 rings (SSSR count). The van der Waals surface area contributed by atoms with Crippen LogP contribution < -0.4 is 5.32 Å². The van der Waals surface area contributed by atoms with Crippen LogP contribution in [0.15, 0.2) is 0 Å². The molecule has 1 fully saturated rings. The summed E-state index contributed by atoms with van der Waals surface area (Å²) in [6.07, 6.45) is 9.77. The number of unbranched alkanes of at least 4 members (excludes halogenated alkanes) is 2. The first kappa shape index (κ1) is 22.4. The molecular formula is C18H35NO5S. The molecule has 0 amide bonds. The van der Waals surface area contributed by atoms with Gasteiger partial charge in [0.25, 0.3) is 10.1 Å². The molecule has 0 bridgehead atoms. The summed E-state index contributed by atoms with van der Waals surface area (Å²) in [6, 6.07) is 0.409. The molecular weight excluding hydrogens is 342 g/mol. The van der Waals surface area contributed by atoms with Crippen molar-refractivity contribution < 1.29 is 22.1 Å². The molecule has 1 N–H and O–H groups in total. The number of carbonyl (C=O) groups is 1. The maximum absolute atomic E-state index is 11.7. The van der Waals surface area contributed by atoms with Crippen molar-refractivity contribution in [1.82, 2.24) is 5.32 Å². The van der Waals surface area contributed by atoms with Gasteiger partial charge >= 0.3 is 5.97 Å². The van der Waals surface area contributed by atoms with Crippen LogP contribution in [0.2, 0.25) is 0 Å². The summed E-state index contributed by atoms with van der Waals surface area (Å²) in [4.78, 5) is 11.7. The fourth-order valence-electron chi connectivity index (χ4n) is 3.18. The highest BCUT2D eigenvalue weighted by atomic mass is 32.2. The molecule has 148 valence electrons. The second-order valence-electron chi connectivity index (χ2n) is 8.06. The van der Waals surface area contributed by atoms with Crippen LogP contribution in [0.3, 0.4) is 0 Å². The average Bonchev–Trinajstić information content (AvgIpc) is 2.47. The van der Waals surface area contributed by atoms with Gasteiger partial charge in [-0.05, 0) is 58.8 Å². The Labute approximate surface area is 153 Å². The van der Waals surface area contributed by atoms with Crippen molar-refractivity contribution in [3.63, 3.8) is 0 Å². The minimum atomic E-state index is -3.30. The summed E-state index contributed by atoms with van der Waals surface area (Å²) in [7, 11) is -3.30. The largest absolute Gasteiger partial charge is 0.459 e. The number of nitrogens with one attached hydrogen (secondary N) is 1. The van der Waals surface area contributed by atoms with Gasteiger partial charge in [0.1, 0.15) is 5.60 Å². The van der Waals surface area contributed by atoms with Crippen LogP contribution >= 0.6 is 0 Å². The van der Waals surface area contributed by atoms with Crippen molar-refractivity contribution in [2.75, 3.05) is 19.4 Å². The van der Waals surface area contributed by atoms with E-state index in [0.717, 1.165) is 44.3 Å². The van der Waals surface area contributed by atoms with Crippen LogP contribution in [0.1, 0.15) is 72.1 Å². The third kappa shape index (κ3) is 12.3. The number of rotatable bonds is 10. The van der Waals surface area contributed by atoms with E-state index in [1.54, 1.807) is 0 Å². The monoisotopic (exact) mass is 377 g/mol. The summed E-state index contributed by atoms with van der Waals surface area (Å²) in [5, 5.41) is 3.31. The van der Waals surface area contributed by atoms with Crippen molar-refractivity contribution in [1.29, 1.82) is 0 Å². The maximum Gasteiger partial charge on any atom is 0.320 e. The molecule has 1 aliphatic carbocycles. The molecule has 25 heavy (non-hydrogen) atoms. The molecule has 0 aromatic carbocycles. The number of hydrogen-bond acceptors (Lipinski definition) is 6. The van der Waals surface area contributed by atoms with Gasteiger partial charge in [0.15, 0.2) is 0 Å². The third-order valence-electron chi connectivity index (χ3n) is 4.36. The Kier molecular flexibility index (Phi) is 9.38. The zero-order chi connectivity index (χ0) is 18.9. The molecule has 0 radical (unpaired) electrons. The molecule has 0 heterocycles. The minimum Gasteiger partial charge on any atom is -0.459 e. The minimum absolute atomic E-state index is 0.189. The number of ether oxygens (including phenoxy) is 1. The smallest absolute Gasteiger partial charge is 0.320 e. The summed E-state index contributed by atoms with van der Waals surface area (Å²) in [6.45, 7) is 6.21. The molecule has 0 unspecified atom stereocenters. The summed E-state index contributed by atoms with van der Waals surface area (Å²) in [5.41, 5.74) is -0.428. The van der Waals surface area contributed by atoms with Crippen LogP contribution in [0.5, 0.6) is 0 Å². The van der Waals surface area contributed by atoms with Gasteiger partial charge in [0.05, 0.1) is 19.4 Å².